The smallest absolute Gasteiger partial charge is 0.340 e. The largest absolute Gasteiger partial charge is 0.462 e. The summed E-state index contributed by atoms with van der Waals surface area (Å²) in [6, 6.07) is 9.16. The molecule has 1 aliphatic heterocycles. The van der Waals surface area contributed by atoms with Crippen molar-refractivity contribution in [1.29, 1.82) is 0 Å². The summed E-state index contributed by atoms with van der Waals surface area (Å²) in [5.41, 5.74) is 2.07. The topological polar surface area (TPSA) is 67.3 Å². The van der Waals surface area contributed by atoms with Gasteiger partial charge in [-0.15, -0.1) is 0 Å². The maximum absolute atomic E-state index is 12.1. The van der Waals surface area contributed by atoms with Crippen molar-refractivity contribution < 1.29 is 9.53 Å². The Kier molecular flexibility index (Phi) is 4.93. The Morgan fingerprint density at radius 2 is 2.00 bits per heavy atom. The summed E-state index contributed by atoms with van der Waals surface area (Å²) < 4.78 is 5.12. The Bertz CT molecular complexity index is 727. The molecule has 0 aliphatic carbocycles. The molecule has 1 aromatic carbocycles. The monoisotopic (exact) mass is 326 g/mol. The number of esters is 1. The van der Waals surface area contributed by atoms with Crippen LogP contribution in [0.25, 0.3) is 0 Å². The van der Waals surface area contributed by atoms with Crippen LogP contribution in [0.2, 0.25) is 0 Å². The van der Waals surface area contributed by atoms with Gasteiger partial charge in [0.2, 0.25) is 5.95 Å². The van der Waals surface area contributed by atoms with Gasteiger partial charge < -0.3 is 15.0 Å². The van der Waals surface area contributed by atoms with E-state index >= 15 is 0 Å². The summed E-state index contributed by atoms with van der Waals surface area (Å²) >= 11 is 0. The van der Waals surface area contributed by atoms with E-state index in [1.807, 2.05) is 31.2 Å². The SMILES string of the molecule is CCOC(=O)c1ccccc1Nc1cc(C)nc(N2CCCC2)n1. The molecule has 6 nitrogen and oxygen atoms in total. The molecule has 126 valence electrons. The molecular weight excluding hydrogens is 304 g/mol. The number of aryl methyl sites for hydroxylation is 1. The molecule has 1 fully saturated rings. The molecule has 1 saturated heterocycles. The minimum atomic E-state index is -0.342. The first-order chi connectivity index (χ1) is 11.7. The van der Waals surface area contributed by atoms with Gasteiger partial charge >= 0.3 is 5.97 Å². The summed E-state index contributed by atoms with van der Waals surface area (Å²) in [4.78, 5) is 23.4. The van der Waals surface area contributed by atoms with Crippen molar-refractivity contribution in [3.05, 3.63) is 41.6 Å². The van der Waals surface area contributed by atoms with Gasteiger partial charge in [0.05, 0.1) is 17.9 Å². The fourth-order valence-corrected chi connectivity index (χ4v) is 2.79. The maximum Gasteiger partial charge on any atom is 0.340 e. The molecule has 0 radical (unpaired) electrons. The van der Waals surface area contributed by atoms with Gasteiger partial charge in [0.1, 0.15) is 5.82 Å². The number of carbonyl (C=O) groups is 1. The van der Waals surface area contributed by atoms with E-state index < -0.39 is 0 Å². The number of ether oxygens (including phenoxy) is 1. The average molecular weight is 326 g/mol. The Morgan fingerprint density at radius 1 is 1.25 bits per heavy atom. The molecule has 0 saturated carbocycles. The highest BCUT2D eigenvalue weighted by molar-refractivity contribution is 5.96. The van der Waals surface area contributed by atoms with E-state index in [4.69, 9.17) is 4.74 Å². The van der Waals surface area contributed by atoms with Crippen molar-refractivity contribution in [1.82, 2.24) is 9.97 Å². The van der Waals surface area contributed by atoms with Crippen molar-refractivity contribution >= 4 is 23.4 Å². The standard InChI is InChI=1S/C18H22N4O2/c1-3-24-17(23)14-8-4-5-9-15(14)20-16-12-13(2)19-18(21-16)22-10-6-7-11-22/h4-5,8-9,12H,3,6-7,10-11H2,1-2H3,(H,19,20,21). The average Bonchev–Trinajstić information content (AvgIpc) is 3.09. The molecule has 6 heteroatoms. The number of benzene rings is 1. The molecule has 1 aliphatic rings. The molecule has 0 amide bonds. The number of carbonyl (C=O) groups excluding carboxylic acids is 1. The van der Waals surface area contributed by atoms with Crippen LogP contribution < -0.4 is 10.2 Å². The number of hydrogen-bond acceptors (Lipinski definition) is 6. The van der Waals surface area contributed by atoms with E-state index in [0.29, 0.717) is 23.7 Å². The summed E-state index contributed by atoms with van der Waals surface area (Å²) in [5, 5.41) is 3.24. The van der Waals surface area contributed by atoms with E-state index in [2.05, 4.69) is 20.2 Å². The number of anilines is 3. The lowest BCUT2D eigenvalue weighted by Crippen LogP contribution is -2.21. The van der Waals surface area contributed by atoms with Crippen LogP contribution in [0.15, 0.2) is 30.3 Å². The van der Waals surface area contributed by atoms with Gasteiger partial charge in [-0.3, -0.25) is 0 Å². The highest BCUT2D eigenvalue weighted by Gasteiger charge is 2.17. The van der Waals surface area contributed by atoms with Gasteiger partial charge in [-0.2, -0.15) is 4.98 Å². The Labute approximate surface area is 141 Å². The zero-order valence-electron chi connectivity index (χ0n) is 14.1. The van der Waals surface area contributed by atoms with E-state index in [0.717, 1.165) is 24.7 Å². The first-order valence-corrected chi connectivity index (χ1v) is 8.31. The number of para-hydroxylation sites is 1. The molecular formula is C18H22N4O2. The lowest BCUT2D eigenvalue weighted by molar-refractivity contribution is 0.0527. The van der Waals surface area contributed by atoms with Crippen molar-refractivity contribution in [3.63, 3.8) is 0 Å². The van der Waals surface area contributed by atoms with E-state index in [-0.39, 0.29) is 5.97 Å². The van der Waals surface area contributed by atoms with Crippen LogP contribution in [-0.2, 0) is 4.74 Å². The van der Waals surface area contributed by atoms with Crippen LogP contribution >= 0.6 is 0 Å². The lowest BCUT2D eigenvalue weighted by Gasteiger charge is -2.17. The summed E-state index contributed by atoms with van der Waals surface area (Å²) in [7, 11) is 0. The molecule has 24 heavy (non-hydrogen) atoms. The van der Waals surface area contributed by atoms with Crippen molar-refractivity contribution in [2.75, 3.05) is 29.9 Å². The zero-order valence-corrected chi connectivity index (χ0v) is 14.1. The van der Waals surface area contributed by atoms with E-state index in [1.54, 1.807) is 13.0 Å². The number of aromatic nitrogens is 2. The predicted molar refractivity (Wildman–Crippen MR) is 93.9 cm³/mol. The second kappa shape index (κ2) is 7.29. The van der Waals surface area contributed by atoms with Gasteiger partial charge in [0.15, 0.2) is 0 Å². The molecule has 0 unspecified atom stereocenters. The van der Waals surface area contributed by atoms with Crippen molar-refractivity contribution in [2.24, 2.45) is 0 Å². The molecule has 1 N–H and O–H groups in total. The first kappa shape index (κ1) is 16.2. The first-order valence-electron chi connectivity index (χ1n) is 8.31. The van der Waals surface area contributed by atoms with Crippen molar-refractivity contribution in [3.8, 4) is 0 Å². The molecule has 1 aromatic heterocycles. The van der Waals surface area contributed by atoms with E-state index in [1.165, 1.54) is 12.8 Å². The normalized spacial score (nSPS) is 13.8. The van der Waals surface area contributed by atoms with Gasteiger partial charge in [-0.1, -0.05) is 12.1 Å². The third-order valence-electron chi connectivity index (χ3n) is 3.92. The maximum atomic E-state index is 12.1. The quantitative estimate of drug-likeness (QED) is 0.850. The second-order valence-corrected chi connectivity index (χ2v) is 5.78. The van der Waals surface area contributed by atoms with E-state index in [9.17, 15) is 4.79 Å². The Hall–Kier alpha value is -2.63. The second-order valence-electron chi connectivity index (χ2n) is 5.78. The molecule has 0 bridgehead atoms. The van der Waals surface area contributed by atoms with Crippen molar-refractivity contribution in [2.45, 2.75) is 26.7 Å². The van der Waals surface area contributed by atoms with Gasteiger partial charge in [0, 0.05) is 24.8 Å². The van der Waals surface area contributed by atoms with Crippen LogP contribution in [0.3, 0.4) is 0 Å². The number of nitrogens with zero attached hydrogens (tertiary/aromatic N) is 3. The van der Waals surface area contributed by atoms with Crippen LogP contribution in [0.1, 0.15) is 35.8 Å². The Balaban J connectivity index is 1.87. The molecule has 0 spiro atoms. The van der Waals surface area contributed by atoms with Crippen LogP contribution in [-0.4, -0.2) is 35.6 Å². The summed E-state index contributed by atoms with van der Waals surface area (Å²) in [6.07, 6.45) is 2.34. The fourth-order valence-electron chi connectivity index (χ4n) is 2.79. The molecule has 2 heterocycles. The third kappa shape index (κ3) is 3.64. The summed E-state index contributed by atoms with van der Waals surface area (Å²) in [5.74, 6) is 1.08. The minimum Gasteiger partial charge on any atom is -0.462 e. The molecule has 0 atom stereocenters. The lowest BCUT2D eigenvalue weighted by atomic mass is 10.2. The summed E-state index contributed by atoms with van der Waals surface area (Å²) in [6.45, 7) is 6.07. The molecule has 3 rings (SSSR count). The molecule has 2 aromatic rings. The highest BCUT2D eigenvalue weighted by atomic mass is 16.5. The fraction of sp³-hybridized carbons (Fsp3) is 0.389. The van der Waals surface area contributed by atoms with Crippen LogP contribution in [0.5, 0.6) is 0 Å². The number of rotatable bonds is 5. The third-order valence-corrected chi connectivity index (χ3v) is 3.92. The zero-order chi connectivity index (χ0) is 16.9. The van der Waals surface area contributed by atoms with Crippen LogP contribution in [0.4, 0.5) is 17.5 Å². The van der Waals surface area contributed by atoms with Gasteiger partial charge in [-0.05, 0) is 38.8 Å². The number of hydrogen-bond donors (Lipinski definition) is 1. The highest BCUT2D eigenvalue weighted by Crippen LogP contribution is 2.23. The van der Waals surface area contributed by atoms with Crippen LogP contribution in [0, 0.1) is 6.92 Å². The van der Waals surface area contributed by atoms with Gasteiger partial charge in [-0.25, -0.2) is 9.78 Å². The Morgan fingerprint density at radius 3 is 2.75 bits per heavy atom. The predicted octanol–water partition coefficient (Wildman–Crippen LogP) is 3.31. The van der Waals surface area contributed by atoms with Gasteiger partial charge in [0.25, 0.3) is 0 Å². The number of nitrogens with one attached hydrogen (secondary N) is 1. The minimum absolute atomic E-state index is 0.342.